The molecule has 14 aliphatic rings. The first kappa shape index (κ1) is 37.9. The third-order valence-corrected chi connectivity index (χ3v) is 20.8. The number of ether oxygens (including phenoxy) is 1. The third-order valence-electron chi connectivity index (χ3n) is 20.8. The van der Waals surface area contributed by atoms with Crippen molar-refractivity contribution in [2.75, 3.05) is 0 Å². The van der Waals surface area contributed by atoms with Crippen LogP contribution in [0, 0.1) is 46.8 Å². The van der Waals surface area contributed by atoms with Crippen molar-refractivity contribution in [1.82, 2.24) is 4.90 Å². The minimum atomic E-state index is -0.0441. The average molecular weight is 842 g/mol. The lowest BCUT2D eigenvalue weighted by Crippen LogP contribution is -2.55. The van der Waals surface area contributed by atoms with Crippen molar-refractivity contribution >= 4 is 0 Å². The lowest BCUT2D eigenvalue weighted by atomic mass is 9.55. The van der Waals surface area contributed by atoms with Gasteiger partial charge >= 0.3 is 0 Å². The Morgan fingerprint density at radius 2 is 1.45 bits per heavy atom. The van der Waals surface area contributed by atoms with E-state index in [2.05, 4.69) is 114 Å². The van der Waals surface area contributed by atoms with E-state index < -0.39 is 0 Å². The highest BCUT2D eigenvalue weighted by atomic mass is 16.5. The van der Waals surface area contributed by atoms with Crippen molar-refractivity contribution < 1.29 is 4.74 Å². The third kappa shape index (κ3) is 4.75. The summed E-state index contributed by atoms with van der Waals surface area (Å²) in [6, 6.07) is 10.9. The fraction of sp³-hybridized carbons (Fsp3) is 0.516. The summed E-state index contributed by atoms with van der Waals surface area (Å²) in [5.41, 5.74) is 18.8. The van der Waals surface area contributed by atoms with Crippen LogP contribution in [0.3, 0.4) is 0 Å². The lowest BCUT2D eigenvalue weighted by molar-refractivity contribution is 0.0494. The number of fused-ring (bicyclic) bond motifs is 19. The summed E-state index contributed by atoms with van der Waals surface area (Å²) in [5, 5.41) is 0. The van der Waals surface area contributed by atoms with E-state index in [1.807, 2.05) is 5.56 Å². The van der Waals surface area contributed by atoms with Gasteiger partial charge in [0.05, 0.1) is 5.92 Å². The second-order valence-electron chi connectivity index (χ2n) is 22.8. The molecule has 1 heterocycles. The molecule has 0 aromatic heterocycles. The van der Waals surface area contributed by atoms with Crippen molar-refractivity contribution in [3.8, 4) is 0 Å². The smallest absolute Gasteiger partial charge is 0.129 e. The van der Waals surface area contributed by atoms with E-state index in [9.17, 15) is 0 Å². The monoisotopic (exact) mass is 842 g/mol. The predicted molar refractivity (Wildman–Crippen MR) is 259 cm³/mol. The van der Waals surface area contributed by atoms with Crippen molar-refractivity contribution in [1.29, 1.82) is 0 Å². The minimum Gasteiger partial charge on any atom is -0.489 e. The number of rotatable bonds is 3. The zero-order valence-electron chi connectivity index (χ0n) is 38.0. The van der Waals surface area contributed by atoms with E-state index in [1.165, 1.54) is 114 Å². The first-order valence-corrected chi connectivity index (χ1v) is 26.7. The lowest BCUT2D eigenvalue weighted by Gasteiger charge is -2.55. The Bertz CT molecular complexity index is 2620. The minimum absolute atomic E-state index is 0.0441. The Hall–Kier alpha value is -4.30. The van der Waals surface area contributed by atoms with Crippen LogP contribution in [0.1, 0.15) is 139 Å². The summed E-state index contributed by atoms with van der Waals surface area (Å²) in [4.78, 5) is 3.20. The highest BCUT2D eigenvalue weighted by Crippen LogP contribution is 2.74. The van der Waals surface area contributed by atoms with E-state index in [4.69, 9.17) is 4.74 Å². The number of hydrogen-bond donors (Lipinski definition) is 0. The standard InChI is InChI=1S/C62H67NO/c1-8-25-48-39(17-1)40-18-2-9-26-49(40)61(48)50-27-10-3-21-43(50)45-36-35-38(37-54(45)61)63(55-31-16-34-58-59(55)47-23-7-14-33-57(47)64-58)56-32-15-24-46-44-22-6-13-30-53(44)62(60(46)56)51-28-11-4-19-41(51)42-20-5-12-29-52(42)62/h1,4,6-8,12,16-17,19,22-25,29,31,34-36,38,40,43,45,49-50,54,56,58-60H,2-3,5,9-11,13-15,18,20-21,26-28,30,32-33,37H2. The van der Waals surface area contributed by atoms with Crippen LogP contribution < -0.4 is 0 Å². The van der Waals surface area contributed by atoms with Crippen LogP contribution in [-0.4, -0.2) is 23.1 Å². The van der Waals surface area contributed by atoms with E-state index in [0.717, 1.165) is 42.9 Å². The highest BCUT2D eigenvalue weighted by molar-refractivity contribution is 5.74. The summed E-state index contributed by atoms with van der Waals surface area (Å²) >= 11 is 0. The number of hydrogen-bond acceptors (Lipinski definition) is 2. The Morgan fingerprint density at radius 1 is 0.672 bits per heavy atom. The molecule has 1 aromatic carbocycles. The summed E-state index contributed by atoms with van der Waals surface area (Å²) in [6.45, 7) is 0. The Kier molecular flexibility index (Phi) is 8.35. The maximum atomic E-state index is 7.03. The first-order valence-electron chi connectivity index (χ1n) is 26.7. The van der Waals surface area contributed by atoms with Crippen LogP contribution in [0.4, 0.5) is 0 Å². The number of benzene rings is 1. The van der Waals surface area contributed by atoms with Gasteiger partial charge in [-0.05, 0) is 188 Å². The van der Waals surface area contributed by atoms with Gasteiger partial charge in [-0.2, -0.15) is 0 Å². The molecule has 2 heteroatoms. The van der Waals surface area contributed by atoms with Crippen LogP contribution >= 0.6 is 0 Å². The molecular formula is C62H67NO. The van der Waals surface area contributed by atoms with Gasteiger partial charge in [0.2, 0.25) is 0 Å². The van der Waals surface area contributed by atoms with Gasteiger partial charge < -0.3 is 9.64 Å². The average Bonchev–Trinajstić information content (AvgIpc) is 4.13. The molecule has 326 valence electrons. The van der Waals surface area contributed by atoms with Crippen molar-refractivity contribution in [3.05, 3.63) is 176 Å². The van der Waals surface area contributed by atoms with Crippen molar-refractivity contribution in [2.24, 2.45) is 46.8 Å². The fourth-order valence-electron chi connectivity index (χ4n) is 19.2. The summed E-state index contributed by atoms with van der Waals surface area (Å²) in [6.07, 6.45) is 60.7. The molecule has 13 aliphatic carbocycles. The predicted octanol–water partition coefficient (Wildman–Crippen LogP) is 14.6. The molecule has 0 saturated heterocycles. The van der Waals surface area contributed by atoms with Crippen LogP contribution in [0.5, 0.6) is 0 Å². The molecule has 0 bridgehead atoms. The molecular weight excluding hydrogens is 775 g/mol. The molecule has 1 aliphatic heterocycles. The van der Waals surface area contributed by atoms with E-state index in [-0.39, 0.29) is 17.4 Å². The second kappa shape index (κ2) is 14.1. The maximum Gasteiger partial charge on any atom is 0.129 e. The van der Waals surface area contributed by atoms with Crippen LogP contribution in [0.2, 0.25) is 0 Å². The summed E-state index contributed by atoms with van der Waals surface area (Å²) in [5.74, 6) is 6.54. The zero-order chi connectivity index (χ0) is 41.7. The van der Waals surface area contributed by atoms with Gasteiger partial charge in [0, 0.05) is 46.5 Å². The zero-order valence-corrected chi connectivity index (χ0v) is 38.0. The van der Waals surface area contributed by atoms with Gasteiger partial charge in [-0.25, -0.2) is 0 Å². The quantitative estimate of drug-likeness (QED) is 0.281. The SMILES string of the molecule is C1=CC2OC3=C(C=CCC3)C2C(N(C2C=CC3C4CCCCC4C4(c5ccccc5C5CCCCC54)C3C2)C2CCC=C3C4=C(CCC=C4)C4(C5=C(CCC=C5)C5=C4CCC=C5)C32)=C1. The Morgan fingerprint density at radius 3 is 2.39 bits per heavy atom. The van der Waals surface area contributed by atoms with Crippen molar-refractivity contribution in [2.45, 2.75) is 152 Å². The molecule has 15 rings (SSSR count). The van der Waals surface area contributed by atoms with E-state index in [0.29, 0.717) is 35.3 Å². The van der Waals surface area contributed by atoms with Gasteiger partial charge in [0.15, 0.2) is 0 Å². The topological polar surface area (TPSA) is 12.5 Å². The maximum absolute atomic E-state index is 7.03. The summed E-state index contributed by atoms with van der Waals surface area (Å²) in [7, 11) is 0. The molecule has 2 nitrogen and oxygen atoms in total. The molecule has 2 spiro atoms. The van der Waals surface area contributed by atoms with Gasteiger partial charge in [-0.3, -0.25) is 0 Å². The normalized spacial score (nSPS) is 42.4. The van der Waals surface area contributed by atoms with Gasteiger partial charge in [0.25, 0.3) is 0 Å². The molecule has 3 saturated carbocycles. The number of allylic oxidation sites excluding steroid dienone is 19. The molecule has 0 amide bonds. The first-order chi connectivity index (χ1) is 31.8. The molecule has 13 atom stereocenters. The molecule has 13 unspecified atom stereocenters. The van der Waals surface area contributed by atoms with Gasteiger partial charge in [-0.1, -0.05) is 123 Å². The van der Waals surface area contributed by atoms with Gasteiger partial charge in [-0.15, -0.1) is 0 Å². The molecule has 64 heavy (non-hydrogen) atoms. The Balaban J connectivity index is 0.937. The molecule has 3 fully saturated rings. The largest absolute Gasteiger partial charge is 0.489 e. The van der Waals surface area contributed by atoms with Crippen molar-refractivity contribution in [3.63, 3.8) is 0 Å². The van der Waals surface area contributed by atoms with Crippen LogP contribution in [0.15, 0.2) is 165 Å². The second-order valence-corrected chi connectivity index (χ2v) is 22.8. The van der Waals surface area contributed by atoms with E-state index >= 15 is 0 Å². The number of nitrogens with zero attached hydrogens (tertiary/aromatic N) is 1. The van der Waals surface area contributed by atoms with E-state index in [1.54, 1.807) is 50.3 Å². The molecule has 1 aromatic rings. The van der Waals surface area contributed by atoms with Crippen LogP contribution in [0.25, 0.3) is 0 Å². The van der Waals surface area contributed by atoms with Gasteiger partial charge in [0.1, 0.15) is 11.9 Å². The Labute approximate surface area is 382 Å². The molecule has 0 radical (unpaired) electrons. The summed E-state index contributed by atoms with van der Waals surface area (Å²) < 4.78 is 7.03. The van der Waals surface area contributed by atoms with Crippen LogP contribution in [-0.2, 0) is 10.2 Å². The highest BCUT2D eigenvalue weighted by Gasteiger charge is 2.69. The molecule has 0 N–H and O–H groups in total. The fourth-order valence-corrected chi connectivity index (χ4v) is 19.2.